The van der Waals surface area contributed by atoms with E-state index in [1.54, 1.807) is 0 Å². The van der Waals surface area contributed by atoms with Crippen LogP contribution in [-0.4, -0.2) is 14.5 Å². The third-order valence-electron chi connectivity index (χ3n) is 11.6. The average molecular weight is 664 g/mol. The van der Waals surface area contributed by atoms with Gasteiger partial charge in [0.25, 0.3) is 0 Å². The molecule has 1 aliphatic carbocycles. The largest absolute Gasteiger partial charge is 0.452 e. The van der Waals surface area contributed by atoms with E-state index >= 15 is 0 Å². The van der Waals surface area contributed by atoms with Gasteiger partial charge in [-0.05, 0) is 71.1 Å². The van der Waals surface area contributed by atoms with Crippen molar-refractivity contribution in [3.05, 3.63) is 174 Å². The molecule has 10 aromatic rings. The number of hydrogen-bond donors (Lipinski definition) is 0. The molecule has 0 amide bonds. The Balaban J connectivity index is 1.25. The molecule has 0 spiro atoms. The molecule has 1 atom stereocenters. The van der Waals surface area contributed by atoms with Crippen molar-refractivity contribution >= 4 is 43.9 Å². The highest BCUT2D eigenvalue weighted by atomic mass is 16.3. The van der Waals surface area contributed by atoms with Gasteiger partial charge in [-0.2, -0.15) is 0 Å². The molecule has 1 aliphatic heterocycles. The maximum absolute atomic E-state index is 6.48. The second kappa shape index (κ2) is 9.93. The summed E-state index contributed by atoms with van der Waals surface area (Å²) in [7, 11) is 0. The van der Waals surface area contributed by atoms with Crippen molar-refractivity contribution in [1.82, 2.24) is 14.5 Å². The van der Waals surface area contributed by atoms with E-state index in [1.807, 2.05) is 36.4 Å². The fraction of sp³-hybridized carbons (Fsp3) is 0.0417. The maximum atomic E-state index is 6.48. The van der Waals surface area contributed by atoms with Crippen LogP contribution < -0.4 is 0 Å². The van der Waals surface area contributed by atoms with E-state index in [1.165, 1.54) is 66.4 Å². The van der Waals surface area contributed by atoms with E-state index in [-0.39, 0.29) is 0 Å². The Hall–Kier alpha value is -6.78. The second-order valence-electron chi connectivity index (χ2n) is 14.2. The number of para-hydroxylation sites is 3. The van der Waals surface area contributed by atoms with Gasteiger partial charge in [0.05, 0.1) is 16.7 Å². The van der Waals surface area contributed by atoms with Gasteiger partial charge in [-0.25, -0.2) is 9.97 Å². The summed E-state index contributed by atoms with van der Waals surface area (Å²) in [6.07, 6.45) is 0. The number of hydrogen-bond acceptors (Lipinski definition) is 3. The lowest BCUT2D eigenvalue weighted by Gasteiger charge is -2.29. The van der Waals surface area contributed by atoms with Crippen molar-refractivity contribution in [2.75, 3.05) is 0 Å². The van der Waals surface area contributed by atoms with Crippen LogP contribution in [0, 0.1) is 0 Å². The van der Waals surface area contributed by atoms with Gasteiger partial charge in [-0.15, -0.1) is 0 Å². The number of nitrogens with zero attached hydrogens (tertiary/aromatic N) is 3. The number of furan rings is 1. The molecule has 0 fully saturated rings. The zero-order valence-electron chi connectivity index (χ0n) is 28.3. The Morgan fingerprint density at radius 2 is 1.29 bits per heavy atom. The van der Waals surface area contributed by atoms with Crippen molar-refractivity contribution in [2.24, 2.45) is 0 Å². The van der Waals surface area contributed by atoms with Crippen molar-refractivity contribution in [1.29, 1.82) is 0 Å². The molecule has 0 N–H and O–H groups in total. The van der Waals surface area contributed by atoms with Gasteiger partial charge in [0, 0.05) is 43.8 Å². The first-order chi connectivity index (χ1) is 25.7. The first-order valence-electron chi connectivity index (χ1n) is 17.8. The molecule has 1 unspecified atom stereocenters. The van der Waals surface area contributed by atoms with Crippen LogP contribution in [0.25, 0.3) is 94.5 Å². The van der Waals surface area contributed by atoms with Gasteiger partial charge in [0.1, 0.15) is 16.8 Å². The van der Waals surface area contributed by atoms with Crippen LogP contribution in [0.4, 0.5) is 0 Å². The first-order valence-corrected chi connectivity index (χ1v) is 17.8. The van der Waals surface area contributed by atoms with Crippen LogP contribution in [0.3, 0.4) is 0 Å². The second-order valence-corrected chi connectivity index (χ2v) is 14.2. The Labute approximate surface area is 299 Å². The molecule has 7 aromatic carbocycles. The van der Waals surface area contributed by atoms with E-state index < -0.39 is 5.41 Å². The molecular weight excluding hydrogens is 635 g/mol. The van der Waals surface area contributed by atoms with E-state index in [0.717, 1.165) is 33.3 Å². The van der Waals surface area contributed by atoms with Crippen LogP contribution >= 0.6 is 0 Å². The lowest BCUT2D eigenvalue weighted by molar-refractivity contribution is 0.667. The summed E-state index contributed by atoms with van der Waals surface area (Å²) >= 11 is 0. The Bertz CT molecular complexity index is 3140. The molecule has 52 heavy (non-hydrogen) atoms. The Morgan fingerprint density at radius 1 is 0.558 bits per heavy atom. The van der Waals surface area contributed by atoms with Crippen LogP contribution in [0.5, 0.6) is 0 Å². The van der Waals surface area contributed by atoms with Gasteiger partial charge < -0.3 is 8.98 Å². The molecular formula is C48H29N3O. The van der Waals surface area contributed by atoms with Crippen LogP contribution in [-0.2, 0) is 5.41 Å². The number of rotatable bonds is 3. The maximum Gasteiger partial charge on any atom is 0.180 e. The van der Waals surface area contributed by atoms with Crippen LogP contribution in [0.15, 0.2) is 162 Å². The molecule has 0 bridgehead atoms. The van der Waals surface area contributed by atoms with Gasteiger partial charge >= 0.3 is 0 Å². The van der Waals surface area contributed by atoms with Crippen LogP contribution in [0.2, 0.25) is 0 Å². The molecule has 0 saturated heterocycles. The summed E-state index contributed by atoms with van der Waals surface area (Å²) < 4.78 is 8.99. The summed E-state index contributed by atoms with van der Waals surface area (Å²) in [4.78, 5) is 10.7. The van der Waals surface area contributed by atoms with E-state index in [2.05, 4.69) is 133 Å². The van der Waals surface area contributed by atoms with E-state index in [9.17, 15) is 0 Å². The quantitative estimate of drug-likeness (QED) is 0.189. The van der Waals surface area contributed by atoms with Crippen molar-refractivity contribution in [3.8, 4) is 50.6 Å². The number of benzene rings is 7. The molecule has 3 aromatic heterocycles. The van der Waals surface area contributed by atoms with Crippen LogP contribution in [0.1, 0.15) is 23.6 Å². The summed E-state index contributed by atoms with van der Waals surface area (Å²) in [5.74, 6) is 0.681. The fourth-order valence-electron chi connectivity index (χ4n) is 9.26. The highest BCUT2D eigenvalue weighted by Crippen LogP contribution is 2.60. The first kappa shape index (κ1) is 28.0. The molecule has 12 rings (SSSR count). The normalized spacial score (nSPS) is 15.5. The van der Waals surface area contributed by atoms with Gasteiger partial charge in [0.2, 0.25) is 0 Å². The molecule has 4 nitrogen and oxygen atoms in total. The topological polar surface area (TPSA) is 43.9 Å². The van der Waals surface area contributed by atoms with Crippen molar-refractivity contribution in [3.63, 3.8) is 0 Å². The van der Waals surface area contributed by atoms with E-state index in [0.29, 0.717) is 11.4 Å². The standard InChI is InChI=1S/C48H29N3O/c1-48(30-16-6-3-7-17-30)36-25-24-33-31-18-8-11-21-38(31)51-39-22-12-9-19-32(39)35-26-29(27-37(48)41(35)42(36)45(33)51)47-49-43(28-14-4-2-5-15-28)46-44(50-47)34-20-10-13-23-40(34)52-46/h2-27H,1H3. The third kappa shape index (κ3) is 3.46. The smallest absolute Gasteiger partial charge is 0.180 e. The third-order valence-corrected chi connectivity index (χ3v) is 11.6. The average Bonchev–Trinajstić information content (AvgIpc) is 3.81. The molecule has 2 aliphatic rings. The highest BCUT2D eigenvalue weighted by Gasteiger charge is 2.45. The van der Waals surface area contributed by atoms with Gasteiger partial charge in [0.15, 0.2) is 11.4 Å². The molecule has 0 saturated carbocycles. The predicted molar refractivity (Wildman–Crippen MR) is 211 cm³/mol. The van der Waals surface area contributed by atoms with Crippen molar-refractivity contribution in [2.45, 2.75) is 12.3 Å². The van der Waals surface area contributed by atoms with Gasteiger partial charge in [-0.3, -0.25) is 0 Å². The predicted octanol–water partition coefficient (Wildman–Crippen LogP) is 12.1. The summed E-state index contributed by atoms with van der Waals surface area (Å²) in [6, 6.07) is 56.6. The lowest BCUT2D eigenvalue weighted by Crippen LogP contribution is -2.22. The number of aromatic nitrogens is 3. The lowest BCUT2D eigenvalue weighted by atomic mass is 9.73. The van der Waals surface area contributed by atoms with Gasteiger partial charge in [-0.1, -0.05) is 121 Å². The SMILES string of the molecule is CC1(c2ccccc2)c2cc(-c3nc(-c4ccccc4)c4oc5ccccc5c4n3)cc3c2-c2c1ccc1c4ccccc4n(c21)-c1ccccc1-3. The minimum atomic E-state index is -0.423. The highest BCUT2D eigenvalue weighted by molar-refractivity contribution is 6.19. The Kier molecular flexibility index (Phi) is 5.34. The number of fused-ring (bicyclic) bond motifs is 9. The minimum absolute atomic E-state index is 0.423. The zero-order chi connectivity index (χ0) is 34.1. The summed E-state index contributed by atoms with van der Waals surface area (Å²) in [5, 5.41) is 3.53. The molecule has 4 heteroatoms. The fourth-order valence-corrected chi connectivity index (χ4v) is 9.26. The zero-order valence-corrected chi connectivity index (χ0v) is 28.3. The molecule has 242 valence electrons. The summed E-state index contributed by atoms with van der Waals surface area (Å²) in [5.41, 5.74) is 17.2. The molecule has 4 heterocycles. The monoisotopic (exact) mass is 663 g/mol. The summed E-state index contributed by atoms with van der Waals surface area (Å²) in [6.45, 7) is 2.40. The molecule has 0 radical (unpaired) electrons. The Morgan fingerprint density at radius 3 is 2.15 bits per heavy atom. The van der Waals surface area contributed by atoms with E-state index in [4.69, 9.17) is 14.4 Å². The minimum Gasteiger partial charge on any atom is -0.452 e. The van der Waals surface area contributed by atoms with Crippen molar-refractivity contribution < 1.29 is 4.42 Å².